The summed E-state index contributed by atoms with van der Waals surface area (Å²) in [6.07, 6.45) is 0. The van der Waals surface area contributed by atoms with Crippen LogP contribution in [0.25, 0.3) is 10.8 Å². The Morgan fingerprint density at radius 2 is 1.74 bits per heavy atom. The van der Waals surface area contributed by atoms with Crippen molar-refractivity contribution in [3.05, 3.63) is 60.7 Å². The number of anilines is 1. The molecule has 0 fully saturated rings. The summed E-state index contributed by atoms with van der Waals surface area (Å²) in [6, 6.07) is 20.5. The lowest BCUT2D eigenvalue weighted by molar-refractivity contribution is 1.11. The predicted molar refractivity (Wildman–Crippen MR) is 80.1 cm³/mol. The van der Waals surface area contributed by atoms with Gasteiger partial charge in [-0.3, -0.25) is 0 Å². The molecule has 0 aliphatic heterocycles. The van der Waals surface area contributed by atoms with Gasteiger partial charge in [0.2, 0.25) is 0 Å². The Bertz CT molecular complexity index is 712. The monoisotopic (exact) mass is 267 g/mol. The second kappa shape index (κ2) is 5.30. The maximum Gasteiger partial charge on any atom is 0.141 e. The van der Waals surface area contributed by atoms with Gasteiger partial charge in [0, 0.05) is 4.90 Å². The molecular formula is C15H13N3S. The van der Waals surface area contributed by atoms with E-state index in [4.69, 9.17) is 5.84 Å². The van der Waals surface area contributed by atoms with Crippen LogP contribution in [-0.4, -0.2) is 4.98 Å². The van der Waals surface area contributed by atoms with Gasteiger partial charge in [0.05, 0.1) is 0 Å². The molecule has 2 aromatic carbocycles. The second-order valence-electron chi connectivity index (χ2n) is 4.12. The highest BCUT2D eigenvalue weighted by atomic mass is 32.2. The Hall–Kier alpha value is -2.04. The Labute approximate surface area is 115 Å². The Kier molecular flexibility index (Phi) is 3.35. The van der Waals surface area contributed by atoms with Crippen LogP contribution >= 0.6 is 11.8 Å². The molecule has 0 saturated heterocycles. The number of nitrogens with one attached hydrogen (secondary N) is 1. The van der Waals surface area contributed by atoms with Crippen LogP contribution in [0.1, 0.15) is 0 Å². The van der Waals surface area contributed by atoms with Gasteiger partial charge in [0.25, 0.3) is 0 Å². The molecule has 0 unspecified atom stereocenters. The van der Waals surface area contributed by atoms with Crippen molar-refractivity contribution in [2.24, 2.45) is 5.84 Å². The third kappa shape index (κ3) is 2.70. The highest BCUT2D eigenvalue weighted by molar-refractivity contribution is 7.99. The zero-order chi connectivity index (χ0) is 13.1. The van der Waals surface area contributed by atoms with Gasteiger partial charge >= 0.3 is 0 Å². The van der Waals surface area contributed by atoms with Gasteiger partial charge in [-0.15, -0.1) is 0 Å². The first kappa shape index (κ1) is 12.0. The molecule has 0 amide bonds. The van der Waals surface area contributed by atoms with E-state index in [0.717, 1.165) is 5.03 Å². The fraction of sp³-hybridized carbons (Fsp3) is 0. The lowest BCUT2D eigenvalue weighted by Crippen LogP contribution is -2.08. The quantitative estimate of drug-likeness (QED) is 0.561. The first-order valence-corrected chi connectivity index (χ1v) is 6.77. The maximum atomic E-state index is 5.36. The molecule has 94 valence electrons. The topological polar surface area (TPSA) is 50.9 Å². The number of pyridine rings is 1. The summed E-state index contributed by atoms with van der Waals surface area (Å²) in [7, 11) is 0. The largest absolute Gasteiger partial charge is 0.308 e. The normalized spacial score (nSPS) is 10.6. The fourth-order valence-corrected chi connectivity index (χ4v) is 2.76. The first-order chi connectivity index (χ1) is 9.35. The van der Waals surface area contributed by atoms with E-state index in [9.17, 15) is 0 Å². The van der Waals surface area contributed by atoms with Gasteiger partial charge in [-0.2, -0.15) is 0 Å². The zero-order valence-corrected chi connectivity index (χ0v) is 11.0. The molecule has 3 aromatic rings. The average Bonchev–Trinajstić information content (AvgIpc) is 2.47. The van der Waals surface area contributed by atoms with E-state index in [1.165, 1.54) is 15.7 Å². The summed E-state index contributed by atoms with van der Waals surface area (Å²) in [5.74, 6) is 6.04. The van der Waals surface area contributed by atoms with E-state index < -0.39 is 0 Å². The Morgan fingerprint density at radius 1 is 0.895 bits per heavy atom. The number of fused-ring (bicyclic) bond motifs is 1. The molecular weight excluding hydrogens is 254 g/mol. The van der Waals surface area contributed by atoms with Crippen LogP contribution in [-0.2, 0) is 0 Å². The van der Waals surface area contributed by atoms with E-state index in [1.54, 1.807) is 11.8 Å². The number of aromatic nitrogens is 1. The molecule has 3 rings (SSSR count). The van der Waals surface area contributed by atoms with Crippen molar-refractivity contribution in [1.82, 2.24) is 4.98 Å². The van der Waals surface area contributed by atoms with Crippen LogP contribution < -0.4 is 11.3 Å². The van der Waals surface area contributed by atoms with Gasteiger partial charge < -0.3 is 5.43 Å². The van der Waals surface area contributed by atoms with Crippen molar-refractivity contribution >= 4 is 28.4 Å². The molecule has 1 aromatic heterocycles. The summed E-state index contributed by atoms with van der Waals surface area (Å²) >= 11 is 1.63. The molecule has 0 aliphatic carbocycles. The SMILES string of the molecule is NNc1cccc(Sc2ccc3ccccc3c2)n1. The van der Waals surface area contributed by atoms with Crippen LogP contribution in [0, 0.1) is 0 Å². The molecule has 3 nitrogen and oxygen atoms in total. The number of hydrogen-bond acceptors (Lipinski definition) is 4. The lowest BCUT2D eigenvalue weighted by Gasteiger charge is -2.05. The minimum absolute atomic E-state index is 0.672. The molecule has 1 heterocycles. The van der Waals surface area contributed by atoms with Crippen LogP contribution in [0.15, 0.2) is 70.6 Å². The summed E-state index contributed by atoms with van der Waals surface area (Å²) in [5, 5.41) is 3.41. The molecule has 0 saturated carbocycles. The molecule has 19 heavy (non-hydrogen) atoms. The van der Waals surface area contributed by atoms with E-state index in [0.29, 0.717) is 5.82 Å². The predicted octanol–water partition coefficient (Wildman–Crippen LogP) is 3.67. The van der Waals surface area contributed by atoms with E-state index in [2.05, 4.69) is 40.7 Å². The van der Waals surface area contributed by atoms with Crippen molar-refractivity contribution in [1.29, 1.82) is 0 Å². The smallest absolute Gasteiger partial charge is 0.141 e. The van der Waals surface area contributed by atoms with Gasteiger partial charge in [0.15, 0.2) is 0 Å². The first-order valence-electron chi connectivity index (χ1n) is 5.95. The van der Waals surface area contributed by atoms with Gasteiger partial charge in [-0.05, 0) is 35.0 Å². The van der Waals surface area contributed by atoms with Crippen molar-refractivity contribution in [2.45, 2.75) is 9.92 Å². The summed E-state index contributed by atoms with van der Waals surface area (Å²) in [4.78, 5) is 5.56. The van der Waals surface area contributed by atoms with E-state index in [-0.39, 0.29) is 0 Å². The molecule has 0 atom stereocenters. The summed E-state index contributed by atoms with van der Waals surface area (Å²) < 4.78 is 0. The fourth-order valence-electron chi connectivity index (χ4n) is 1.90. The van der Waals surface area contributed by atoms with Gasteiger partial charge in [-0.25, -0.2) is 10.8 Å². The van der Waals surface area contributed by atoms with Crippen molar-refractivity contribution < 1.29 is 0 Å². The standard InChI is InChI=1S/C15H13N3S/c16-18-14-6-3-7-15(17-14)19-13-9-8-11-4-1-2-5-12(11)10-13/h1-10H,16H2,(H,17,18). The third-order valence-corrected chi connectivity index (χ3v) is 3.74. The maximum absolute atomic E-state index is 5.36. The van der Waals surface area contributed by atoms with Gasteiger partial charge in [0.1, 0.15) is 10.8 Å². The number of nitrogens with two attached hydrogens (primary N) is 1. The summed E-state index contributed by atoms with van der Waals surface area (Å²) in [5.41, 5.74) is 2.56. The molecule has 4 heteroatoms. The van der Waals surface area contributed by atoms with E-state index in [1.807, 2.05) is 30.3 Å². The highest BCUT2D eigenvalue weighted by Crippen LogP contribution is 2.29. The number of hydrogen-bond donors (Lipinski definition) is 2. The minimum atomic E-state index is 0.672. The molecule has 0 spiro atoms. The summed E-state index contributed by atoms with van der Waals surface area (Å²) in [6.45, 7) is 0. The zero-order valence-electron chi connectivity index (χ0n) is 10.2. The third-order valence-electron chi connectivity index (χ3n) is 2.81. The van der Waals surface area contributed by atoms with Crippen LogP contribution in [0.3, 0.4) is 0 Å². The van der Waals surface area contributed by atoms with Crippen molar-refractivity contribution in [3.63, 3.8) is 0 Å². The number of rotatable bonds is 3. The second-order valence-corrected chi connectivity index (χ2v) is 5.21. The number of hydrazine groups is 1. The van der Waals surface area contributed by atoms with Crippen LogP contribution in [0.2, 0.25) is 0 Å². The van der Waals surface area contributed by atoms with E-state index >= 15 is 0 Å². The molecule has 0 aliphatic rings. The van der Waals surface area contributed by atoms with Crippen molar-refractivity contribution in [2.75, 3.05) is 5.43 Å². The number of nitrogens with zero attached hydrogens (tertiary/aromatic N) is 1. The van der Waals surface area contributed by atoms with Crippen molar-refractivity contribution in [3.8, 4) is 0 Å². The number of nitrogen functional groups attached to an aromatic ring is 1. The number of benzene rings is 2. The molecule has 0 radical (unpaired) electrons. The average molecular weight is 267 g/mol. The molecule has 3 N–H and O–H groups in total. The molecule has 0 bridgehead atoms. The minimum Gasteiger partial charge on any atom is -0.308 e. The highest BCUT2D eigenvalue weighted by Gasteiger charge is 2.01. The Morgan fingerprint density at radius 3 is 2.58 bits per heavy atom. The Balaban J connectivity index is 1.92. The van der Waals surface area contributed by atoms with Crippen LogP contribution in [0.5, 0.6) is 0 Å². The van der Waals surface area contributed by atoms with Gasteiger partial charge in [-0.1, -0.05) is 48.2 Å². The lowest BCUT2D eigenvalue weighted by atomic mass is 10.1. The van der Waals surface area contributed by atoms with Crippen LogP contribution in [0.4, 0.5) is 5.82 Å².